The molecule has 0 saturated carbocycles. The first-order valence-electron chi connectivity index (χ1n) is 8.59. The Morgan fingerprint density at radius 1 is 1.25 bits per heavy atom. The second-order valence-electron chi connectivity index (χ2n) is 5.89. The molecule has 9 heteroatoms. The van der Waals surface area contributed by atoms with E-state index >= 15 is 0 Å². The second-order valence-corrected chi connectivity index (χ2v) is 8.18. The topological polar surface area (TPSA) is 72.7 Å². The van der Waals surface area contributed by atoms with E-state index in [4.69, 9.17) is 11.6 Å². The van der Waals surface area contributed by atoms with Crippen molar-refractivity contribution in [1.82, 2.24) is 19.7 Å². The van der Waals surface area contributed by atoms with Gasteiger partial charge in [-0.05, 0) is 25.1 Å². The zero-order chi connectivity index (χ0) is 19.5. The number of benzene rings is 1. The number of anilines is 1. The van der Waals surface area contributed by atoms with Crippen molar-refractivity contribution in [3.8, 4) is 11.4 Å². The van der Waals surface area contributed by atoms with Gasteiger partial charge in [0.25, 0.3) is 0 Å². The molecular formula is C19H16ClN5OS2. The molecule has 0 bridgehead atoms. The summed E-state index contributed by atoms with van der Waals surface area (Å²) in [5.41, 5.74) is 1.07. The summed E-state index contributed by atoms with van der Waals surface area (Å²) in [6.45, 7) is 2.76. The molecule has 0 fully saturated rings. The van der Waals surface area contributed by atoms with E-state index in [1.54, 1.807) is 23.5 Å². The van der Waals surface area contributed by atoms with Crippen molar-refractivity contribution in [2.24, 2.45) is 0 Å². The Hall–Kier alpha value is -2.42. The highest BCUT2D eigenvalue weighted by atomic mass is 35.5. The number of fused-ring (bicyclic) bond motifs is 1. The summed E-state index contributed by atoms with van der Waals surface area (Å²) in [7, 11) is 0. The summed E-state index contributed by atoms with van der Waals surface area (Å²) in [6.07, 6.45) is 1.50. The third-order valence-electron chi connectivity index (χ3n) is 4.08. The van der Waals surface area contributed by atoms with Crippen molar-refractivity contribution in [3.63, 3.8) is 0 Å². The van der Waals surface area contributed by atoms with Crippen LogP contribution in [0.15, 0.2) is 53.1 Å². The first kappa shape index (κ1) is 18.9. The van der Waals surface area contributed by atoms with E-state index in [9.17, 15) is 4.79 Å². The van der Waals surface area contributed by atoms with Gasteiger partial charge in [0.05, 0.1) is 10.8 Å². The largest absolute Gasteiger partial charge is 0.310 e. The fraction of sp³-hybridized carbons (Fsp3) is 0.158. The van der Waals surface area contributed by atoms with Gasteiger partial charge < -0.3 is 9.88 Å². The minimum atomic E-state index is -0.159. The van der Waals surface area contributed by atoms with Crippen LogP contribution < -0.4 is 5.32 Å². The maximum absolute atomic E-state index is 12.2. The quantitative estimate of drug-likeness (QED) is 0.438. The van der Waals surface area contributed by atoms with Crippen LogP contribution in [0.4, 0.5) is 5.82 Å². The van der Waals surface area contributed by atoms with Gasteiger partial charge in [0.2, 0.25) is 5.91 Å². The molecule has 142 valence electrons. The zero-order valence-corrected chi connectivity index (χ0v) is 17.3. The molecule has 3 aromatic heterocycles. The molecule has 0 radical (unpaired) electrons. The number of amides is 1. The number of aromatic nitrogens is 4. The molecule has 1 N–H and O–H groups in total. The Labute approximate surface area is 175 Å². The van der Waals surface area contributed by atoms with Gasteiger partial charge >= 0.3 is 0 Å². The highest BCUT2D eigenvalue weighted by Crippen LogP contribution is 2.34. The van der Waals surface area contributed by atoms with Gasteiger partial charge in [-0.3, -0.25) is 4.79 Å². The summed E-state index contributed by atoms with van der Waals surface area (Å²) in [4.78, 5) is 16.3. The maximum atomic E-state index is 12.2. The molecule has 1 amide bonds. The standard InChI is InChI=1S/C19H16ClN5OS2/c1-2-25-18(14-10-27-15-6-4-3-5-13(14)15)23-24-19(25)28-11-17(26)22-16-8-7-12(20)9-21-16/h3-10H,2,11H2,1H3,(H,21,22,26). The van der Waals surface area contributed by atoms with Crippen LogP contribution >= 0.6 is 34.7 Å². The lowest BCUT2D eigenvalue weighted by Gasteiger charge is -2.07. The molecule has 0 aliphatic rings. The molecule has 28 heavy (non-hydrogen) atoms. The Morgan fingerprint density at radius 2 is 2.11 bits per heavy atom. The lowest BCUT2D eigenvalue weighted by Crippen LogP contribution is -2.15. The fourth-order valence-electron chi connectivity index (χ4n) is 2.79. The van der Waals surface area contributed by atoms with Crippen LogP contribution in [0, 0.1) is 0 Å². The summed E-state index contributed by atoms with van der Waals surface area (Å²) in [5, 5.41) is 16.0. The lowest BCUT2D eigenvalue weighted by atomic mass is 10.1. The van der Waals surface area contributed by atoms with E-state index in [2.05, 4.69) is 38.0 Å². The number of nitrogens with zero attached hydrogens (tertiary/aromatic N) is 4. The molecular weight excluding hydrogens is 414 g/mol. The minimum Gasteiger partial charge on any atom is -0.310 e. The molecule has 0 spiro atoms. The molecule has 4 rings (SSSR count). The monoisotopic (exact) mass is 429 g/mol. The summed E-state index contributed by atoms with van der Waals surface area (Å²) in [6, 6.07) is 11.6. The molecule has 4 aromatic rings. The summed E-state index contributed by atoms with van der Waals surface area (Å²) >= 11 is 8.85. The predicted octanol–water partition coefficient (Wildman–Crippen LogP) is 4.96. The minimum absolute atomic E-state index is 0.159. The van der Waals surface area contributed by atoms with Crippen LogP contribution in [0.2, 0.25) is 5.02 Å². The van der Waals surface area contributed by atoms with E-state index < -0.39 is 0 Å². The van der Waals surface area contributed by atoms with Gasteiger partial charge in [-0.15, -0.1) is 21.5 Å². The van der Waals surface area contributed by atoms with Gasteiger partial charge in [-0.25, -0.2) is 4.98 Å². The van der Waals surface area contributed by atoms with Crippen LogP contribution in [0.25, 0.3) is 21.5 Å². The number of carbonyl (C=O) groups is 1. The first-order valence-corrected chi connectivity index (χ1v) is 10.8. The van der Waals surface area contributed by atoms with E-state index in [0.29, 0.717) is 16.0 Å². The van der Waals surface area contributed by atoms with E-state index in [1.165, 1.54) is 22.7 Å². The summed E-state index contributed by atoms with van der Waals surface area (Å²) in [5.74, 6) is 1.35. The molecule has 0 aliphatic heterocycles. The van der Waals surface area contributed by atoms with E-state index in [1.807, 2.05) is 23.6 Å². The molecule has 1 aromatic carbocycles. The Bertz CT molecular complexity index is 1120. The Morgan fingerprint density at radius 3 is 2.89 bits per heavy atom. The van der Waals surface area contributed by atoms with E-state index in [-0.39, 0.29) is 11.7 Å². The Balaban J connectivity index is 1.50. The van der Waals surface area contributed by atoms with Crippen molar-refractivity contribution < 1.29 is 4.79 Å². The number of pyridine rings is 1. The van der Waals surface area contributed by atoms with Crippen LogP contribution in [0.1, 0.15) is 6.92 Å². The van der Waals surface area contributed by atoms with Crippen molar-refractivity contribution in [2.45, 2.75) is 18.6 Å². The number of rotatable bonds is 6. The number of thiophene rings is 1. The lowest BCUT2D eigenvalue weighted by molar-refractivity contribution is -0.113. The average molecular weight is 430 g/mol. The smallest absolute Gasteiger partial charge is 0.236 e. The van der Waals surface area contributed by atoms with Gasteiger partial charge in [0.15, 0.2) is 11.0 Å². The van der Waals surface area contributed by atoms with Crippen LogP contribution in [0.5, 0.6) is 0 Å². The SMILES string of the molecule is CCn1c(SCC(=O)Nc2ccc(Cl)cn2)nnc1-c1csc2ccccc12. The molecule has 0 aliphatic carbocycles. The number of nitrogens with one attached hydrogen (secondary N) is 1. The van der Waals surface area contributed by atoms with Crippen molar-refractivity contribution >= 4 is 56.5 Å². The average Bonchev–Trinajstić information content (AvgIpc) is 3.31. The summed E-state index contributed by atoms with van der Waals surface area (Å²) < 4.78 is 3.25. The molecule has 0 saturated heterocycles. The molecule has 0 atom stereocenters. The van der Waals surface area contributed by atoms with E-state index in [0.717, 1.165) is 23.3 Å². The molecule has 6 nitrogen and oxygen atoms in total. The third-order valence-corrected chi connectivity index (χ3v) is 6.24. The van der Waals surface area contributed by atoms with Crippen LogP contribution in [-0.4, -0.2) is 31.4 Å². The Kier molecular flexibility index (Phi) is 5.61. The number of thioether (sulfide) groups is 1. The second kappa shape index (κ2) is 8.30. The maximum Gasteiger partial charge on any atom is 0.236 e. The van der Waals surface area contributed by atoms with Crippen molar-refractivity contribution in [1.29, 1.82) is 0 Å². The fourth-order valence-corrected chi connectivity index (χ4v) is 4.64. The number of halogens is 1. The van der Waals surface area contributed by atoms with Crippen molar-refractivity contribution in [3.05, 3.63) is 53.0 Å². The van der Waals surface area contributed by atoms with Gasteiger partial charge in [0.1, 0.15) is 5.82 Å². The van der Waals surface area contributed by atoms with Gasteiger partial charge in [-0.1, -0.05) is 41.6 Å². The number of hydrogen-bond donors (Lipinski definition) is 1. The van der Waals surface area contributed by atoms with Crippen LogP contribution in [0.3, 0.4) is 0 Å². The predicted molar refractivity (Wildman–Crippen MR) is 115 cm³/mol. The number of carbonyl (C=O) groups excluding carboxylic acids is 1. The first-order chi connectivity index (χ1) is 13.7. The molecule has 3 heterocycles. The highest BCUT2D eigenvalue weighted by molar-refractivity contribution is 7.99. The van der Waals surface area contributed by atoms with Gasteiger partial charge in [0, 0.05) is 33.8 Å². The molecule has 0 unspecified atom stereocenters. The van der Waals surface area contributed by atoms with Gasteiger partial charge in [-0.2, -0.15) is 0 Å². The number of hydrogen-bond acceptors (Lipinski definition) is 6. The third kappa shape index (κ3) is 3.89. The zero-order valence-electron chi connectivity index (χ0n) is 14.9. The van der Waals surface area contributed by atoms with Crippen molar-refractivity contribution in [2.75, 3.05) is 11.1 Å². The normalized spacial score (nSPS) is 11.1. The van der Waals surface area contributed by atoms with Crippen LogP contribution in [-0.2, 0) is 11.3 Å². The highest BCUT2D eigenvalue weighted by Gasteiger charge is 2.17.